The summed E-state index contributed by atoms with van der Waals surface area (Å²) in [4.78, 5) is 41.9. The van der Waals surface area contributed by atoms with Crippen molar-refractivity contribution < 1.29 is 23.1 Å². The zero-order valence-electron chi connectivity index (χ0n) is 11.8. The standard InChI is InChI=1S/C13H11F3N4O4/c14-13(15,16)10(22)6-1-2-17-8(3-6)11(23)18-5-7-4-9(21)20-12(24)19-7/h1-4,10,22H,5H2,(H,18,23)(H2,19,20,21,24). The molecule has 0 fully saturated rings. The zero-order valence-corrected chi connectivity index (χ0v) is 11.8. The molecule has 4 N–H and O–H groups in total. The number of aliphatic hydroxyl groups is 1. The van der Waals surface area contributed by atoms with Crippen LogP contribution in [0, 0.1) is 0 Å². The summed E-state index contributed by atoms with van der Waals surface area (Å²) in [6, 6.07) is 2.77. The van der Waals surface area contributed by atoms with E-state index in [2.05, 4.69) is 15.3 Å². The summed E-state index contributed by atoms with van der Waals surface area (Å²) >= 11 is 0. The van der Waals surface area contributed by atoms with Crippen molar-refractivity contribution in [1.29, 1.82) is 0 Å². The van der Waals surface area contributed by atoms with Crippen molar-refractivity contribution in [3.63, 3.8) is 0 Å². The van der Waals surface area contributed by atoms with Gasteiger partial charge < -0.3 is 15.4 Å². The van der Waals surface area contributed by atoms with E-state index in [1.54, 1.807) is 0 Å². The summed E-state index contributed by atoms with van der Waals surface area (Å²) in [5.41, 5.74) is -2.23. The number of pyridine rings is 1. The topological polar surface area (TPSA) is 128 Å². The fraction of sp³-hybridized carbons (Fsp3) is 0.231. The molecule has 0 spiro atoms. The van der Waals surface area contributed by atoms with Crippen molar-refractivity contribution in [2.45, 2.75) is 18.8 Å². The fourth-order valence-electron chi connectivity index (χ4n) is 1.81. The van der Waals surface area contributed by atoms with E-state index in [0.717, 1.165) is 24.4 Å². The molecule has 24 heavy (non-hydrogen) atoms. The lowest BCUT2D eigenvalue weighted by Gasteiger charge is -2.15. The molecule has 0 aromatic carbocycles. The first kappa shape index (κ1) is 17.4. The number of H-pyrrole nitrogens is 2. The number of alkyl halides is 3. The lowest BCUT2D eigenvalue weighted by molar-refractivity contribution is -0.206. The highest BCUT2D eigenvalue weighted by Gasteiger charge is 2.39. The van der Waals surface area contributed by atoms with Crippen molar-refractivity contribution in [3.8, 4) is 0 Å². The summed E-state index contributed by atoms with van der Waals surface area (Å²) in [5.74, 6) is -0.840. The molecule has 2 heterocycles. The maximum atomic E-state index is 12.5. The molecule has 2 rings (SSSR count). The second kappa shape index (κ2) is 6.66. The van der Waals surface area contributed by atoms with Gasteiger partial charge in [-0.1, -0.05) is 0 Å². The van der Waals surface area contributed by atoms with Crippen LogP contribution in [0.15, 0.2) is 34.0 Å². The number of carbonyl (C=O) groups is 1. The third-order valence-electron chi connectivity index (χ3n) is 2.90. The molecule has 1 atom stereocenters. The third kappa shape index (κ3) is 4.29. The maximum absolute atomic E-state index is 12.5. The van der Waals surface area contributed by atoms with E-state index >= 15 is 0 Å². The highest BCUT2D eigenvalue weighted by molar-refractivity contribution is 5.92. The first-order valence-electron chi connectivity index (χ1n) is 6.48. The van der Waals surface area contributed by atoms with E-state index in [4.69, 9.17) is 5.11 Å². The minimum absolute atomic E-state index is 0.101. The Morgan fingerprint density at radius 3 is 2.62 bits per heavy atom. The maximum Gasteiger partial charge on any atom is 0.418 e. The van der Waals surface area contributed by atoms with Crippen LogP contribution in [0.25, 0.3) is 0 Å². The molecule has 2 aromatic heterocycles. The molecule has 11 heteroatoms. The molecule has 0 saturated carbocycles. The monoisotopic (exact) mass is 344 g/mol. The Labute approximate surface area is 131 Å². The Morgan fingerprint density at radius 1 is 1.29 bits per heavy atom. The second-order valence-electron chi connectivity index (χ2n) is 4.71. The number of aromatic nitrogens is 3. The van der Waals surface area contributed by atoms with Crippen LogP contribution in [0.2, 0.25) is 0 Å². The predicted molar refractivity (Wildman–Crippen MR) is 74.1 cm³/mol. The number of amides is 1. The van der Waals surface area contributed by atoms with Crippen LogP contribution >= 0.6 is 0 Å². The average Bonchev–Trinajstić information content (AvgIpc) is 2.50. The van der Waals surface area contributed by atoms with Crippen molar-refractivity contribution in [3.05, 3.63) is 62.2 Å². The van der Waals surface area contributed by atoms with Gasteiger partial charge in [0.05, 0.1) is 6.54 Å². The molecule has 0 aliphatic heterocycles. The van der Waals surface area contributed by atoms with Crippen LogP contribution in [-0.4, -0.2) is 32.1 Å². The molecule has 0 radical (unpaired) electrons. The van der Waals surface area contributed by atoms with Gasteiger partial charge in [0.15, 0.2) is 6.10 Å². The highest BCUT2D eigenvalue weighted by atomic mass is 19.4. The normalized spacial score (nSPS) is 12.7. The van der Waals surface area contributed by atoms with Crippen LogP contribution in [0.3, 0.4) is 0 Å². The molecule has 0 aliphatic carbocycles. The average molecular weight is 344 g/mol. The molecule has 0 aliphatic rings. The second-order valence-corrected chi connectivity index (χ2v) is 4.71. The Kier molecular flexibility index (Phi) is 4.83. The van der Waals surface area contributed by atoms with Gasteiger partial charge in [0.1, 0.15) is 5.69 Å². The van der Waals surface area contributed by atoms with E-state index in [1.807, 2.05) is 4.98 Å². The molecular formula is C13H11F3N4O4. The smallest absolute Gasteiger partial charge is 0.379 e. The lowest BCUT2D eigenvalue weighted by Crippen LogP contribution is -2.29. The summed E-state index contributed by atoms with van der Waals surface area (Å²) in [7, 11) is 0. The van der Waals surface area contributed by atoms with E-state index in [1.165, 1.54) is 0 Å². The quantitative estimate of drug-likeness (QED) is 0.620. The molecule has 0 saturated heterocycles. The van der Waals surface area contributed by atoms with Gasteiger partial charge in [-0.2, -0.15) is 13.2 Å². The van der Waals surface area contributed by atoms with Crippen molar-refractivity contribution in [2.75, 3.05) is 0 Å². The SMILES string of the molecule is O=C(NCc1cc(=O)[nH]c(=O)[nH]1)c1cc(C(O)C(F)(F)F)ccn1. The van der Waals surface area contributed by atoms with Crippen molar-refractivity contribution in [2.24, 2.45) is 0 Å². The van der Waals surface area contributed by atoms with Gasteiger partial charge in [-0.05, 0) is 17.7 Å². The summed E-state index contributed by atoms with van der Waals surface area (Å²) < 4.78 is 37.4. The number of halogens is 3. The Bertz CT molecular complexity index is 831. The van der Waals surface area contributed by atoms with E-state index in [0.29, 0.717) is 0 Å². The number of rotatable bonds is 4. The minimum Gasteiger partial charge on any atom is -0.379 e. The van der Waals surface area contributed by atoms with Crippen LogP contribution in [-0.2, 0) is 6.54 Å². The van der Waals surface area contributed by atoms with Crippen LogP contribution in [0.4, 0.5) is 13.2 Å². The highest BCUT2D eigenvalue weighted by Crippen LogP contribution is 2.32. The molecule has 1 amide bonds. The fourth-order valence-corrected chi connectivity index (χ4v) is 1.81. The first-order chi connectivity index (χ1) is 11.2. The number of aliphatic hydroxyl groups excluding tert-OH is 1. The zero-order chi connectivity index (χ0) is 17.9. The number of hydrogen-bond donors (Lipinski definition) is 4. The van der Waals surface area contributed by atoms with Gasteiger partial charge in [-0.25, -0.2) is 4.79 Å². The van der Waals surface area contributed by atoms with Gasteiger partial charge in [-0.3, -0.25) is 19.6 Å². The Balaban J connectivity index is 2.13. The largest absolute Gasteiger partial charge is 0.418 e. The van der Waals surface area contributed by atoms with E-state index in [-0.39, 0.29) is 17.9 Å². The summed E-state index contributed by atoms with van der Waals surface area (Å²) in [6.45, 7) is -0.244. The van der Waals surface area contributed by atoms with Crippen molar-refractivity contribution in [1.82, 2.24) is 20.3 Å². The first-order valence-corrected chi connectivity index (χ1v) is 6.48. The van der Waals surface area contributed by atoms with Gasteiger partial charge in [0.2, 0.25) is 0 Å². The van der Waals surface area contributed by atoms with Crippen LogP contribution in [0.5, 0.6) is 0 Å². The summed E-state index contributed by atoms with van der Waals surface area (Å²) in [6.07, 6.45) is -6.66. The van der Waals surface area contributed by atoms with Gasteiger partial charge >= 0.3 is 11.9 Å². The van der Waals surface area contributed by atoms with Gasteiger partial charge in [-0.15, -0.1) is 0 Å². The number of aromatic amines is 2. The van der Waals surface area contributed by atoms with Crippen molar-refractivity contribution >= 4 is 5.91 Å². The minimum atomic E-state index is -4.88. The van der Waals surface area contributed by atoms with Gasteiger partial charge in [0, 0.05) is 18.0 Å². The summed E-state index contributed by atoms with van der Waals surface area (Å²) in [5, 5.41) is 11.5. The Hall–Kier alpha value is -2.95. The number of nitrogens with one attached hydrogen (secondary N) is 3. The molecular weight excluding hydrogens is 333 g/mol. The molecule has 1 unspecified atom stereocenters. The van der Waals surface area contributed by atoms with E-state index in [9.17, 15) is 27.6 Å². The number of carbonyl (C=O) groups excluding carboxylic acids is 1. The molecule has 0 bridgehead atoms. The van der Waals surface area contributed by atoms with Crippen LogP contribution < -0.4 is 16.6 Å². The van der Waals surface area contributed by atoms with E-state index < -0.39 is 35.0 Å². The number of nitrogens with zero attached hydrogens (tertiary/aromatic N) is 1. The molecule has 8 nitrogen and oxygen atoms in total. The van der Waals surface area contributed by atoms with Gasteiger partial charge in [0.25, 0.3) is 11.5 Å². The van der Waals surface area contributed by atoms with Crippen LogP contribution in [0.1, 0.15) is 27.8 Å². The molecule has 2 aromatic rings. The third-order valence-corrected chi connectivity index (χ3v) is 2.90. The molecule has 128 valence electrons. The predicted octanol–water partition coefficient (Wildman–Crippen LogP) is -0.0161. The number of hydrogen-bond acceptors (Lipinski definition) is 5. The Morgan fingerprint density at radius 2 is 2.00 bits per heavy atom. The lowest BCUT2D eigenvalue weighted by atomic mass is 10.1.